The van der Waals surface area contributed by atoms with Crippen molar-refractivity contribution in [3.05, 3.63) is 28.4 Å². The Morgan fingerprint density at radius 3 is 3.19 bits per heavy atom. The minimum Gasteiger partial charge on any atom is -0.371 e. The summed E-state index contributed by atoms with van der Waals surface area (Å²) in [5.41, 5.74) is 2.17. The molecule has 2 N–H and O–H groups in total. The SMILES string of the molecule is Brc1[nH]nc2ccc(C3CNCCO3)cc12. The number of ether oxygens (including phenoxy) is 1. The van der Waals surface area contributed by atoms with Crippen molar-refractivity contribution in [2.75, 3.05) is 19.7 Å². The summed E-state index contributed by atoms with van der Waals surface area (Å²) in [4.78, 5) is 0. The van der Waals surface area contributed by atoms with Crippen LogP contribution in [0.5, 0.6) is 0 Å². The number of halogens is 1. The Balaban J connectivity index is 1.99. The molecule has 0 amide bonds. The van der Waals surface area contributed by atoms with E-state index in [0.29, 0.717) is 0 Å². The zero-order valence-corrected chi connectivity index (χ0v) is 10.3. The maximum atomic E-state index is 5.72. The highest BCUT2D eigenvalue weighted by Crippen LogP contribution is 2.26. The summed E-state index contributed by atoms with van der Waals surface area (Å²) in [7, 11) is 0. The van der Waals surface area contributed by atoms with Gasteiger partial charge in [0.2, 0.25) is 0 Å². The minimum atomic E-state index is 0.153. The van der Waals surface area contributed by atoms with Crippen molar-refractivity contribution in [1.82, 2.24) is 15.5 Å². The predicted octanol–water partition coefficient (Wildman–Crippen LogP) is 1.99. The van der Waals surface area contributed by atoms with E-state index in [9.17, 15) is 0 Å². The van der Waals surface area contributed by atoms with Crippen LogP contribution in [-0.2, 0) is 4.74 Å². The lowest BCUT2D eigenvalue weighted by Gasteiger charge is -2.23. The standard InChI is InChI=1S/C11H12BrN3O/c12-11-8-5-7(1-2-9(8)14-15-11)10-6-13-3-4-16-10/h1-2,5,10,13H,3-4,6H2,(H,14,15). The van der Waals surface area contributed by atoms with E-state index >= 15 is 0 Å². The van der Waals surface area contributed by atoms with Gasteiger partial charge in [-0.3, -0.25) is 5.10 Å². The van der Waals surface area contributed by atoms with E-state index in [4.69, 9.17) is 4.74 Å². The molecule has 5 heteroatoms. The number of fused-ring (bicyclic) bond motifs is 1. The molecule has 0 aliphatic carbocycles. The first-order chi connectivity index (χ1) is 7.84. The molecule has 3 rings (SSSR count). The van der Waals surface area contributed by atoms with Gasteiger partial charge in [-0.2, -0.15) is 5.10 Å². The van der Waals surface area contributed by atoms with Crippen LogP contribution in [0.4, 0.5) is 0 Å². The Hall–Kier alpha value is -0.910. The number of nitrogens with zero attached hydrogens (tertiary/aromatic N) is 1. The first-order valence-electron chi connectivity index (χ1n) is 5.30. The molecule has 84 valence electrons. The highest BCUT2D eigenvalue weighted by Gasteiger charge is 2.16. The molecule has 2 aromatic rings. The number of nitrogens with one attached hydrogen (secondary N) is 2. The van der Waals surface area contributed by atoms with E-state index in [-0.39, 0.29) is 6.10 Å². The Morgan fingerprint density at radius 1 is 1.44 bits per heavy atom. The molecule has 1 aliphatic rings. The molecular formula is C11H12BrN3O. The molecular weight excluding hydrogens is 270 g/mol. The molecule has 0 radical (unpaired) electrons. The zero-order valence-electron chi connectivity index (χ0n) is 8.66. The highest BCUT2D eigenvalue weighted by molar-refractivity contribution is 9.10. The van der Waals surface area contributed by atoms with Gasteiger partial charge in [-0.1, -0.05) is 6.07 Å². The molecule has 0 saturated carbocycles. The number of H-pyrrole nitrogens is 1. The fourth-order valence-electron chi connectivity index (χ4n) is 1.98. The van der Waals surface area contributed by atoms with Gasteiger partial charge in [0.25, 0.3) is 0 Å². The summed E-state index contributed by atoms with van der Waals surface area (Å²) < 4.78 is 6.65. The molecule has 1 aliphatic heterocycles. The highest BCUT2D eigenvalue weighted by atomic mass is 79.9. The summed E-state index contributed by atoms with van der Waals surface area (Å²) in [6, 6.07) is 6.22. The Morgan fingerprint density at radius 2 is 2.38 bits per heavy atom. The molecule has 0 bridgehead atoms. The van der Waals surface area contributed by atoms with Gasteiger partial charge in [0.05, 0.1) is 18.2 Å². The van der Waals surface area contributed by atoms with E-state index in [0.717, 1.165) is 35.2 Å². The second-order valence-electron chi connectivity index (χ2n) is 3.88. The van der Waals surface area contributed by atoms with E-state index in [2.05, 4.69) is 43.6 Å². The zero-order chi connectivity index (χ0) is 11.0. The number of hydrogen-bond acceptors (Lipinski definition) is 3. The molecule has 1 aromatic heterocycles. The number of aromatic amines is 1. The van der Waals surface area contributed by atoms with Crippen LogP contribution >= 0.6 is 15.9 Å². The van der Waals surface area contributed by atoms with E-state index in [1.807, 2.05) is 6.07 Å². The topological polar surface area (TPSA) is 49.9 Å². The molecule has 1 fully saturated rings. The molecule has 16 heavy (non-hydrogen) atoms. The lowest BCUT2D eigenvalue weighted by Crippen LogP contribution is -2.33. The third-order valence-electron chi connectivity index (χ3n) is 2.83. The van der Waals surface area contributed by atoms with Gasteiger partial charge < -0.3 is 10.1 Å². The van der Waals surface area contributed by atoms with Crippen molar-refractivity contribution in [2.45, 2.75) is 6.10 Å². The minimum absolute atomic E-state index is 0.153. The van der Waals surface area contributed by atoms with E-state index in [1.165, 1.54) is 5.56 Å². The molecule has 1 unspecified atom stereocenters. The van der Waals surface area contributed by atoms with Crippen LogP contribution in [0.15, 0.2) is 22.8 Å². The van der Waals surface area contributed by atoms with Crippen molar-refractivity contribution in [3.8, 4) is 0 Å². The fraction of sp³-hybridized carbons (Fsp3) is 0.364. The van der Waals surface area contributed by atoms with Gasteiger partial charge in [-0.15, -0.1) is 0 Å². The predicted molar refractivity (Wildman–Crippen MR) is 65.4 cm³/mol. The van der Waals surface area contributed by atoms with Gasteiger partial charge in [-0.25, -0.2) is 0 Å². The van der Waals surface area contributed by atoms with Crippen LogP contribution in [0.3, 0.4) is 0 Å². The van der Waals surface area contributed by atoms with Crippen LogP contribution in [0.1, 0.15) is 11.7 Å². The van der Waals surface area contributed by atoms with Crippen molar-refractivity contribution < 1.29 is 4.74 Å². The molecule has 1 aromatic carbocycles. The molecule has 2 heterocycles. The van der Waals surface area contributed by atoms with Crippen molar-refractivity contribution in [2.24, 2.45) is 0 Å². The lowest BCUT2D eigenvalue weighted by molar-refractivity contribution is 0.0278. The number of hydrogen-bond donors (Lipinski definition) is 2. The monoisotopic (exact) mass is 281 g/mol. The number of benzene rings is 1. The smallest absolute Gasteiger partial charge is 0.108 e. The van der Waals surface area contributed by atoms with Gasteiger partial charge in [0.15, 0.2) is 0 Å². The summed E-state index contributed by atoms with van der Waals surface area (Å²) in [6.45, 7) is 2.59. The first kappa shape index (κ1) is 10.3. The number of rotatable bonds is 1. The van der Waals surface area contributed by atoms with Gasteiger partial charge in [-0.05, 0) is 33.6 Å². The molecule has 0 spiro atoms. The number of aromatic nitrogens is 2. The van der Waals surface area contributed by atoms with E-state index < -0.39 is 0 Å². The van der Waals surface area contributed by atoms with Crippen molar-refractivity contribution in [3.63, 3.8) is 0 Å². The second-order valence-corrected chi connectivity index (χ2v) is 4.67. The molecule has 1 atom stereocenters. The third-order valence-corrected chi connectivity index (χ3v) is 3.44. The lowest BCUT2D eigenvalue weighted by atomic mass is 10.1. The van der Waals surface area contributed by atoms with Crippen LogP contribution < -0.4 is 5.32 Å². The van der Waals surface area contributed by atoms with Crippen LogP contribution in [0.25, 0.3) is 10.9 Å². The number of morpholine rings is 1. The van der Waals surface area contributed by atoms with Crippen molar-refractivity contribution in [1.29, 1.82) is 0 Å². The first-order valence-corrected chi connectivity index (χ1v) is 6.10. The Labute approximate surface area is 101 Å². The summed E-state index contributed by atoms with van der Waals surface area (Å²) in [5.74, 6) is 0. The van der Waals surface area contributed by atoms with Crippen LogP contribution in [0.2, 0.25) is 0 Å². The molecule has 4 nitrogen and oxygen atoms in total. The van der Waals surface area contributed by atoms with Crippen molar-refractivity contribution >= 4 is 26.8 Å². The average Bonchev–Trinajstić information content (AvgIpc) is 2.72. The maximum Gasteiger partial charge on any atom is 0.108 e. The second kappa shape index (κ2) is 4.16. The Bertz CT molecular complexity index is 505. The normalized spacial score (nSPS) is 21.4. The quantitative estimate of drug-likeness (QED) is 0.841. The molecule has 1 saturated heterocycles. The average molecular weight is 282 g/mol. The van der Waals surface area contributed by atoms with Gasteiger partial charge >= 0.3 is 0 Å². The van der Waals surface area contributed by atoms with E-state index in [1.54, 1.807) is 0 Å². The summed E-state index contributed by atoms with van der Waals surface area (Å²) in [5, 5.41) is 11.5. The van der Waals surface area contributed by atoms with Gasteiger partial charge in [0.1, 0.15) is 4.60 Å². The third kappa shape index (κ3) is 1.75. The van der Waals surface area contributed by atoms with Crippen LogP contribution in [0, 0.1) is 0 Å². The summed E-state index contributed by atoms with van der Waals surface area (Å²) in [6.07, 6.45) is 0.153. The van der Waals surface area contributed by atoms with Gasteiger partial charge in [0, 0.05) is 18.5 Å². The fourth-order valence-corrected chi connectivity index (χ4v) is 2.38. The summed E-state index contributed by atoms with van der Waals surface area (Å²) >= 11 is 3.45. The maximum absolute atomic E-state index is 5.72. The van der Waals surface area contributed by atoms with Crippen LogP contribution in [-0.4, -0.2) is 29.9 Å². The Kier molecular flexibility index (Phi) is 2.67. The largest absolute Gasteiger partial charge is 0.371 e.